The minimum absolute atomic E-state index is 0.0241. The van der Waals surface area contributed by atoms with Gasteiger partial charge < -0.3 is 4.90 Å². The molecule has 0 spiro atoms. The topological polar surface area (TPSA) is 53.0 Å². The molecular weight excluding hydrogens is 281 g/mol. The van der Waals surface area contributed by atoms with Crippen LogP contribution in [0, 0.1) is 6.92 Å². The van der Waals surface area contributed by atoms with E-state index in [2.05, 4.69) is 4.99 Å². The molecule has 20 heavy (non-hydrogen) atoms. The Bertz CT molecular complexity index is 665. The first-order chi connectivity index (χ1) is 9.36. The quantitative estimate of drug-likeness (QED) is 0.835. The Hall–Kier alpha value is -1.89. The van der Waals surface area contributed by atoms with Crippen molar-refractivity contribution >= 4 is 15.9 Å². The van der Waals surface area contributed by atoms with E-state index in [0.717, 1.165) is 16.1 Å². The van der Waals surface area contributed by atoms with Crippen LogP contribution in [-0.4, -0.2) is 44.2 Å². The van der Waals surface area contributed by atoms with Crippen LogP contribution in [0.15, 0.2) is 46.2 Å². The first-order valence-electron chi connectivity index (χ1n) is 6.00. The largest absolute Gasteiger partial charge is 0.339 e. The molecule has 7 heteroatoms. The molecule has 0 amide bonds. The minimum atomic E-state index is -3.76. The Labute approximate surface area is 118 Å². The van der Waals surface area contributed by atoms with Crippen molar-refractivity contribution in [3.63, 3.8) is 0 Å². The molecule has 2 rings (SSSR count). The summed E-state index contributed by atoms with van der Waals surface area (Å²) in [6.07, 6.45) is 0.970. The Morgan fingerprint density at radius 1 is 1.25 bits per heavy atom. The van der Waals surface area contributed by atoms with Crippen LogP contribution in [0.2, 0.25) is 0 Å². The number of likely N-dealkylation sites (N-methyl/N-ethyl adjacent to an activating group) is 1. The van der Waals surface area contributed by atoms with Crippen molar-refractivity contribution in [2.45, 2.75) is 11.8 Å². The van der Waals surface area contributed by atoms with Crippen LogP contribution < -0.4 is 0 Å². The number of sulfonamides is 1. The standard InChI is InChI=1S/C13H16FN3O2S/c1-10-4-6-11(7-5-10)20(18,19)17-8-12(14)13(15-2)16(3)9-17/h4-8H,9H2,1-3H3. The molecule has 1 aliphatic heterocycles. The van der Waals surface area contributed by atoms with Crippen molar-refractivity contribution < 1.29 is 12.8 Å². The number of rotatable bonds is 2. The maximum absolute atomic E-state index is 13.8. The van der Waals surface area contributed by atoms with Gasteiger partial charge in [-0.25, -0.2) is 12.8 Å². The van der Waals surface area contributed by atoms with E-state index in [-0.39, 0.29) is 17.4 Å². The van der Waals surface area contributed by atoms with Gasteiger partial charge in [0, 0.05) is 14.1 Å². The Kier molecular flexibility index (Phi) is 3.80. The lowest BCUT2D eigenvalue weighted by Crippen LogP contribution is -2.44. The SMILES string of the molecule is CN=C1C(F)=CN(S(=O)(=O)c2ccc(C)cc2)CN1C. The molecule has 0 aliphatic carbocycles. The smallest absolute Gasteiger partial charge is 0.265 e. The summed E-state index contributed by atoms with van der Waals surface area (Å²) in [5, 5.41) is 0. The summed E-state index contributed by atoms with van der Waals surface area (Å²) in [6.45, 7) is 1.89. The monoisotopic (exact) mass is 297 g/mol. The predicted molar refractivity (Wildman–Crippen MR) is 75.4 cm³/mol. The van der Waals surface area contributed by atoms with Crippen molar-refractivity contribution in [3.05, 3.63) is 41.9 Å². The number of halogens is 1. The molecule has 0 saturated carbocycles. The lowest BCUT2D eigenvalue weighted by atomic mass is 10.2. The van der Waals surface area contributed by atoms with Crippen LogP contribution >= 0.6 is 0 Å². The highest BCUT2D eigenvalue weighted by atomic mass is 32.2. The first-order valence-corrected chi connectivity index (χ1v) is 7.44. The number of nitrogens with zero attached hydrogens (tertiary/aromatic N) is 3. The third-order valence-electron chi connectivity index (χ3n) is 3.02. The van der Waals surface area contributed by atoms with Gasteiger partial charge in [0.05, 0.1) is 11.1 Å². The van der Waals surface area contributed by atoms with Crippen molar-refractivity contribution in [2.75, 3.05) is 20.8 Å². The Balaban J connectivity index is 2.41. The fraction of sp³-hybridized carbons (Fsp3) is 0.308. The summed E-state index contributed by atoms with van der Waals surface area (Å²) in [7, 11) is -0.704. The average molecular weight is 297 g/mol. The zero-order valence-electron chi connectivity index (χ0n) is 11.5. The molecule has 5 nitrogen and oxygen atoms in total. The van der Waals surface area contributed by atoms with Gasteiger partial charge in [-0.15, -0.1) is 0 Å². The summed E-state index contributed by atoms with van der Waals surface area (Å²) < 4.78 is 39.7. The maximum Gasteiger partial charge on any atom is 0.265 e. The molecule has 0 bridgehead atoms. The highest BCUT2D eigenvalue weighted by molar-refractivity contribution is 7.89. The number of hydrogen-bond acceptors (Lipinski definition) is 3. The third-order valence-corrected chi connectivity index (χ3v) is 4.73. The molecule has 0 fully saturated rings. The van der Waals surface area contributed by atoms with Crippen LogP contribution in [0.1, 0.15) is 5.56 Å². The molecule has 1 aromatic carbocycles. The molecule has 0 atom stereocenters. The van der Waals surface area contributed by atoms with Crippen molar-refractivity contribution in [2.24, 2.45) is 4.99 Å². The molecule has 0 aromatic heterocycles. The highest BCUT2D eigenvalue weighted by Crippen LogP contribution is 2.22. The van der Waals surface area contributed by atoms with Crippen molar-refractivity contribution in [3.8, 4) is 0 Å². The fourth-order valence-electron chi connectivity index (χ4n) is 1.95. The minimum Gasteiger partial charge on any atom is -0.339 e. The van der Waals surface area contributed by atoms with E-state index in [1.165, 1.54) is 24.1 Å². The lowest BCUT2D eigenvalue weighted by Gasteiger charge is -2.32. The maximum atomic E-state index is 13.8. The van der Waals surface area contributed by atoms with Gasteiger partial charge in [-0.1, -0.05) is 17.7 Å². The van der Waals surface area contributed by atoms with Gasteiger partial charge in [0.25, 0.3) is 10.0 Å². The summed E-state index contributed by atoms with van der Waals surface area (Å²) in [6, 6.07) is 6.44. The number of aliphatic imine (C=N–C) groups is 1. The highest BCUT2D eigenvalue weighted by Gasteiger charge is 2.29. The van der Waals surface area contributed by atoms with Gasteiger partial charge in [-0.05, 0) is 19.1 Å². The van der Waals surface area contributed by atoms with Crippen LogP contribution in [-0.2, 0) is 10.0 Å². The number of hydrogen-bond donors (Lipinski definition) is 0. The van der Waals surface area contributed by atoms with Crippen LogP contribution in [0.4, 0.5) is 4.39 Å². The molecule has 0 unspecified atom stereocenters. The van der Waals surface area contributed by atoms with E-state index in [9.17, 15) is 12.8 Å². The number of aryl methyl sites for hydroxylation is 1. The second-order valence-electron chi connectivity index (χ2n) is 4.57. The first kappa shape index (κ1) is 14.5. The van der Waals surface area contributed by atoms with E-state index in [1.54, 1.807) is 19.2 Å². The van der Waals surface area contributed by atoms with Crippen LogP contribution in [0.3, 0.4) is 0 Å². The van der Waals surface area contributed by atoms with Gasteiger partial charge in [-0.2, -0.15) is 0 Å². The van der Waals surface area contributed by atoms with Gasteiger partial charge in [-0.3, -0.25) is 9.30 Å². The normalized spacial score (nSPS) is 18.4. The predicted octanol–water partition coefficient (Wildman–Crippen LogP) is 1.73. The van der Waals surface area contributed by atoms with Gasteiger partial charge in [0.1, 0.15) is 6.67 Å². The van der Waals surface area contributed by atoms with E-state index >= 15 is 0 Å². The molecule has 1 aliphatic rings. The molecule has 1 heterocycles. The van der Waals surface area contributed by atoms with Gasteiger partial charge >= 0.3 is 0 Å². The summed E-state index contributed by atoms with van der Waals surface area (Å²) in [4.78, 5) is 5.37. The zero-order valence-corrected chi connectivity index (χ0v) is 12.4. The summed E-state index contributed by atoms with van der Waals surface area (Å²) in [5.74, 6) is -0.530. The van der Waals surface area contributed by atoms with Crippen LogP contribution in [0.5, 0.6) is 0 Å². The molecule has 108 valence electrons. The summed E-state index contributed by atoms with van der Waals surface area (Å²) in [5.41, 5.74) is 0.960. The molecule has 0 radical (unpaired) electrons. The molecule has 0 saturated heterocycles. The van der Waals surface area contributed by atoms with E-state index in [1.807, 2.05) is 6.92 Å². The fourth-order valence-corrected chi connectivity index (χ4v) is 3.26. The van der Waals surface area contributed by atoms with E-state index in [4.69, 9.17) is 0 Å². The lowest BCUT2D eigenvalue weighted by molar-refractivity contribution is 0.341. The second-order valence-corrected chi connectivity index (χ2v) is 6.46. The third kappa shape index (κ3) is 2.53. The average Bonchev–Trinajstić information content (AvgIpc) is 2.38. The van der Waals surface area contributed by atoms with Gasteiger partial charge in [0.2, 0.25) is 0 Å². The molecule has 1 aromatic rings. The molecule has 0 N–H and O–H groups in total. The van der Waals surface area contributed by atoms with E-state index in [0.29, 0.717) is 0 Å². The number of benzene rings is 1. The van der Waals surface area contributed by atoms with Crippen LogP contribution in [0.25, 0.3) is 0 Å². The van der Waals surface area contributed by atoms with E-state index < -0.39 is 15.9 Å². The second kappa shape index (κ2) is 5.24. The Morgan fingerprint density at radius 2 is 1.85 bits per heavy atom. The summed E-state index contributed by atoms with van der Waals surface area (Å²) >= 11 is 0. The zero-order chi connectivity index (χ0) is 14.9. The van der Waals surface area contributed by atoms with Crippen molar-refractivity contribution in [1.82, 2.24) is 9.21 Å². The Morgan fingerprint density at radius 3 is 2.35 bits per heavy atom. The number of amidine groups is 1. The van der Waals surface area contributed by atoms with Crippen molar-refractivity contribution in [1.29, 1.82) is 0 Å². The molecular formula is C13H16FN3O2S. The van der Waals surface area contributed by atoms with Gasteiger partial charge in [0.15, 0.2) is 11.7 Å².